The summed E-state index contributed by atoms with van der Waals surface area (Å²) in [5.41, 5.74) is 5.51. The van der Waals surface area contributed by atoms with Gasteiger partial charge in [0.2, 0.25) is 0 Å². The molecule has 6 heteroatoms. The van der Waals surface area contributed by atoms with Crippen molar-refractivity contribution in [2.45, 2.75) is 31.2 Å². The maximum atomic E-state index is 12.2. The number of hydrogen-bond donors (Lipinski definition) is 2. The fourth-order valence-corrected chi connectivity index (χ4v) is 2.30. The lowest BCUT2D eigenvalue weighted by Gasteiger charge is -2.33. The Morgan fingerprint density at radius 2 is 2.00 bits per heavy atom. The Labute approximate surface area is 120 Å². The normalized spacial score (nSPS) is 14.9. The molecule has 0 radical (unpaired) electrons. The van der Waals surface area contributed by atoms with Crippen LogP contribution in [0.25, 0.3) is 0 Å². The molecule has 112 valence electrons. The molecule has 1 rings (SSSR count). The molecule has 1 aromatic carbocycles. The van der Waals surface area contributed by atoms with Gasteiger partial charge >= 0.3 is 0 Å². The summed E-state index contributed by atoms with van der Waals surface area (Å²) in [6, 6.07) is 5.99. The molecular weight excluding hydrogens is 276 g/mol. The van der Waals surface area contributed by atoms with Crippen molar-refractivity contribution in [3.63, 3.8) is 0 Å². The van der Waals surface area contributed by atoms with E-state index in [-0.39, 0.29) is 16.7 Å². The fraction of sp³-hybridized carbons (Fsp3) is 0.500. The van der Waals surface area contributed by atoms with Crippen LogP contribution in [-0.2, 0) is 9.84 Å². The van der Waals surface area contributed by atoms with Gasteiger partial charge in [0.05, 0.1) is 10.4 Å². The molecule has 1 amide bonds. The summed E-state index contributed by atoms with van der Waals surface area (Å²) in [4.78, 5) is 12.4. The number of hydrogen-bond acceptors (Lipinski definition) is 4. The summed E-state index contributed by atoms with van der Waals surface area (Å²) in [6.07, 6.45) is 1.11. The van der Waals surface area contributed by atoms with E-state index in [0.29, 0.717) is 12.1 Å². The lowest BCUT2D eigenvalue weighted by molar-refractivity contribution is 0.0883. The molecule has 0 aromatic heterocycles. The van der Waals surface area contributed by atoms with Gasteiger partial charge in [0, 0.05) is 18.4 Å². The quantitative estimate of drug-likeness (QED) is 0.854. The monoisotopic (exact) mass is 298 g/mol. The van der Waals surface area contributed by atoms with Crippen molar-refractivity contribution >= 4 is 15.7 Å². The molecule has 0 saturated heterocycles. The van der Waals surface area contributed by atoms with Crippen LogP contribution in [0.15, 0.2) is 29.2 Å². The molecule has 1 atom stereocenters. The zero-order valence-corrected chi connectivity index (χ0v) is 13.1. The zero-order chi connectivity index (χ0) is 15.6. The Morgan fingerprint density at radius 1 is 1.40 bits per heavy atom. The highest BCUT2D eigenvalue weighted by molar-refractivity contribution is 7.90. The number of rotatable bonds is 5. The van der Waals surface area contributed by atoms with Crippen molar-refractivity contribution < 1.29 is 13.2 Å². The van der Waals surface area contributed by atoms with Crippen LogP contribution in [0, 0.1) is 5.92 Å². The number of nitrogens with one attached hydrogen (secondary N) is 1. The SMILES string of the molecule is CC(C)C(C)(CN)NC(=O)c1cccc(S(C)(=O)=O)c1. The van der Waals surface area contributed by atoms with E-state index in [1.165, 1.54) is 12.1 Å². The number of nitrogens with two attached hydrogens (primary N) is 1. The van der Waals surface area contributed by atoms with Crippen LogP contribution in [0.2, 0.25) is 0 Å². The number of carbonyl (C=O) groups is 1. The smallest absolute Gasteiger partial charge is 0.251 e. The molecule has 0 aliphatic rings. The number of amides is 1. The Balaban J connectivity index is 3.05. The molecule has 1 aromatic rings. The molecule has 0 aliphatic heterocycles. The first-order valence-corrected chi connectivity index (χ1v) is 8.32. The zero-order valence-electron chi connectivity index (χ0n) is 12.3. The van der Waals surface area contributed by atoms with Gasteiger partial charge in [-0.25, -0.2) is 8.42 Å². The van der Waals surface area contributed by atoms with E-state index < -0.39 is 15.4 Å². The van der Waals surface area contributed by atoms with Crippen molar-refractivity contribution in [3.8, 4) is 0 Å². The van der Waals surface area contributed by atoms with E-state index >= 15 is 0 Å². The molecular formula is C14H22N2O3S. The van der Waals surface area contributed by atoms with Gasteiger partial charge in [0.1, 0.15) is 0 Å². The lowest BCUT2D eigenvalue weighted by atomic mass is 9.88. The van der Waals surface area contributed by atoms with Gasteiger partial charge in [0.15, 0.2) is 9.84 Å². The molecule has 0 fully saturated rings. The summed E-state index contributed by atoms with van der Waals surface area (Å²) in [5.74, 6) is -0.160. The van der Waals surface area contributed by atoms with E-state index in [1.54, 1.807) is 12.1 Å². The third kappa shape index (κ3) is 3.80. The van der Waals surface area contributed by atoms with Crippen molar-refractivity contribution in [3.05, 3.63) is 29.8 Å². The predicted octanol–water partition coefficient (Wildman–Crippen LogP) is 1.19. The van der Waals surface area contributed by atoms with Gasteiger partial charge in [-0.2, -0.15) is 0 Å². The molecule has 3 N–H and O–H groups in total. The number of benzene rings is 1. The summed E-state index contributed by atoms with van der Waals surface area (Å²) >= 11 is 0. The van der Waals surface area contributed by atoms with Crippen molar-refractivity contribution in [2.75, 3.05) is 12.8 Å². The van der Waals surface area contributed by atoms with Gasteiger partial charge < -0.3 is 11.1 Å². The largest absolute Gasteiger partial charge is 0.345 e. The average molecular weight is 298 g/mol. The Kier molecular flexibility index (Phi) is 4.94. The van der Waals surface area contributed by atoms with Gasteiger partial charge in [-0.1, -0.05) is 19.9 Å². The molecule has 0 spiro atoms. The van der Waals surface area contributed by atoms with Crippen LogP contribution in [0.1, 0.15) is 31.1 Å². The van der Waals surface area contributed by atoms with Crippen LogP contribution in [0.3, 0.4) is 0 Å². The van der Waals surface area contributed by atoms with Crippen LogP contribution in [0.4, 0.5) is 0 Å². The van der Waals surface area contributed by atoms with E-state index in [1.807, 2.05) is 20.8 Å². The maximum Gasteiger partial charge on any atom is 0.251 e. The second-order valence-electron chi connectivity index (χ2n) is 5.53. The Hall–Kier alpha value is -1.40. The summed E-state index contributed by atoms with van der Waals surface area (Å²) < 4.78 is 23.0. The topological polar surface area (TPSA) is 89.3 Å². The third-order valence-electron chi connectivity index (χ3n) is 3.62. The molecule has 0 saturated carbocycles. The predicted molar refractivity (Wildman–Crippen MR) is 79.3 cm³/mol. The highest BCUT2D eigenvalue weighted by Crippen LogP contribution is 2.17. The first kappa shape index (κ1) is 16.7. The highest BCUT2D eigenvalue weighted by Gasteiger charge is 2.29. The Morgan fingerprint density at radius 3 is 2.45 bits per heavy atom. The lowest BCUT2D eigenvalue weighted by Crippen LogP contribution is -2.55. The molecule has 0 bridgehead atoms. The van der Waals surface area contributed by atoms with Crippen LogP contribution in [-0.4, -0.2) is 32.7 Å². The van der Waals surface area contributed by atoms with Gasteiger partial charge in [-0.05, 0) is 31.0 Å². The van der Waals surface area contributed by atoms with E-state index in [4.69, 9.17) is 5.73 Å². The molecule has 1 unspecified atom stereocenters. The minimum Gasteiger partial charge on any atom is -0.345 e. The van der Waals surface area contributed by atoms with Gasteiger partial charge in [0.25, 0.3) is 5.91 Å². The Bertz CT molecular complexity index is 596. The van der Waals surface area contributed by atoms with Crippen LogP contribution in [0.5, 0.6) is 0 Å². The number of sulfone groups is 1. The summed E-state index contributed by atoms with van der Waals surface area (Å²) in [7, 11) is -3.33. The summed E-state index contributed by atoms with van der Waals surface area (Å²) in [6.45, 7) is 6.12. The second-order valence-corrected chi connectivity index (χ2v) is 7.55. The highest BCUT2D eigenvalue weighted by atomic mass is 32.2. The second kappa shape index (κ2) is 5.93. The minimum absolute atomic E-state index is 0.129. The van der Waals surface area contributed by atoms with Gasteiger partial charge in [-0.15, -0.1) is 0 Å². The molecule has 5 nitrogen and oxygen atoms in total. The minimum atomic E-state index is -3.33. The summed E-state index contributed by atoms with van der Waals surface area (Å²) in [5, 5.41) is 2.88. The first-order valence-electron chi connectivity index (χ1n) is 6.43. The molecule has 20 heavy (non-hydrogen) atoms. The van der Waals surface area contributed by atoms with Crippen LogP contribution >= 0.6 is 0 Å². The van der Waals surface area contributed by atoms with Crippen molar-refractivity contribution in [2.24, 2.45) is 11.7 Å². The third-order valence-corrected chi connectivity index (χ3v) is 4.73. The fourth-order valence-electron chi connectivity index (χ4n) is 1.63. The van der Waals surface area contributed by atoms with Crippen molar-refractivity contribution in [1.82, 2.24) is 5.32 Å². The standard InChI is InChI=1S/C14H22N2O3S/c1-10(2)14(3,9-15)16-13(17)11-6-5-7-12(8-11)20(4,18)19/h5-8,10H,9,15H2,1-4H3,(H,16,17). The average Bonchev–Trinajstić information content (AvgIpc) is 2.37. The van der Waals surface area contributed by atoms with E-state index in [2.05, 4.69) is 5.32 Å². The molecule has 0 heterocycles. The number of carbonyl (C=O) groups excluding carboxylic acids is 1. The van der Waals surface area contributed by atoms with E-state index in [0.717, 1.165) is 6.26 Å². The molecule has 0 aliphatic carbocycles. The van der Waals surface area contributed by atoms with E-state index in [9.17, 15) is 13.2 Å². The van der Waals surface area contributed by atoms with Crippen LogP contribution < -0.4 is 11.1 Å². The van der Waals surface area contributed by atoms with Crippen molar-refractivity contribution in [1.29, 1.82) is 0 Å². The maximum absolute atomic E-state index is 12.2. The first-order chi connectivity index (χ1) is 9.10. The van der Waals surface area contributed by atoms with Gasteiger partial charge in [-0.3, -0.25) is 4.79 Å².